The lowest BCUT2D eigenvalue weighted by molar-refractivity contribution is -0.129. The predicted molar refractivity (Wildman–Crippen MR) is 97.9 cm³/mol. The summed E-state index contributed by atoms with van der Waals surface area (Å²) in [6, 6.07) is 6.24. The van der Waals surface area contributed by atoms with E-state index < -0.39 is 33.9 Å². The van der Waals surface area contributed by atoms with Crippen molar-refractivity contribution in [3.05, 3.63) is 29.8 Å². The number of carbonyl (C=O) groups is 3. The molecule has 142 valence electrons. The molecule has 0 saturated carbocycles. The second kappa shape index (κ2) is 8.68. The largest absolute Gasteiger partial charge is 0.449 e. The molecule has 2 atom stereocenters. The fourth-order valence-electron chi connectivity index (χ4n) is 2.45. The summed E-state index contributed by atoms with van der Waals surface area (Å²) in [4.78, 5) is 36.3. The molecular formula is C17H21NO6S2. The van der Waals surface area contributed by atoms with Crippen LogP contribution in [0.4, 0.5) is 0 Å². The van der Waals surface area contributed by atoms with E-state index >= 15 is 0 Å². The highest BCUT2D eigenvalue weighted by Gasteiger charge is 2.31. The molecule has 0 aliphatic carbocycles. The second-order valence-electron chi connectivity index (χ2n) is 6.14. The molecule has 0 aromatic heterocycles. The van der Waals surface area contributed by atoms with Gasteiger partial charge in [-0.1, -0.05) is 12.1 Å². The minimum absolute atomic E-state index is 0.0163. The van der Waals surface area contributed by atoms with Crippen molar-refractivity contribution < 1.29 is 27.5 Å². The highest BCUT2D eigenvalue weighted by molar-refractivity contribution is 8.00. The van der Waals surface area contributed by atoms with Crippen molar-refractivity contribution >= 4 is 39.3 Å². The Labute approximate surface area is 156 Å². The number of hydrogen-bond acceptors (Lipinski definition) is 7. The minimum Gasteiger partial charge on any atom is -0.449 e. The van der Waals surface area contributed by atoms with E-state index in [4.69, 9.17) is 4.74 Å². The first-order valence-corrected chi connectivity index (χ1v) is 10.9. The zero-order valence-electron chi connectivity index (χ0n) is 14.6. The molecule has 1 aliphatic heterocycles. The van der Waals surface area contributed by atoms with Crippen molar-refractivity contribution in [3.8, 4) is 0 Å². The monoisotopic (exact) mass is 399 g/mol. The third-order valence-corrected chi connectivity index (χ3v) is 6.76. The highest BCUT2D eigenvalue weighted by Crippen LogP contribution is 2.23. The third-order valence-electron chi connectivity index (χ3n) is 3.77. The number of esters is 1. The Bertz CT molecular complexity index is 805. The molecule has 1 amide bonds. The van der Waals surface area contributed by atoms with Gasteiger partial charge in [0.25, 0.3) is 5.91 Å². The number of ether oxygens (including phenoxy) is 1. The summed E-state index contributed by atoms with van der Waals surface area (Å²) in [5.74, 6) is -1.03. The number of carbonyl (C=O) groups excluding carboxylic acids is 3. The third kappa shape index (κ3) is 5.84. The zero-order valence-corrected chi connectivity index (χ0v) is 16.2. The summed E-state index contributed by atoms with van der Waals surface area (Å²) in [6.07, 6.45) is -0.698. The average molecular weight is 399 g/mol. The van der Waals surface area contributed by atoms with Gasteiger partial charge in [0.2, 0.25) is 0 Å². The van der Waals surface area contributed by atoms with E-state index in [-0.39, 0.29) is 28.6 Å². The quantitative estimate of drug-likeness (QED) is 0.543. The van der Waals surface area contributed by atoms with Gasteiger partial charge in [-0.05, 0) is 32.4 Å². The summed E-state index contributed by atoms with van der Waals surface area (Å²) in [5, 5.41) is 2.60. The van der Waals surface area contributed by atoms with Crippen LogP contribution >= 0.6 is 11.8 Å². The van der Waals surface area contributed by atoms with E-state index in [0.29, 0.717) is 11.3 Å². The first-order chi connectivity index (χ1) is 12.2. The lowest BCUT2D eigenvalue weighted by Gasteiger charge is -2.17. The SMILES string of the molecule is CC(=O)CSc1ccccc1C(=O)O[C@H](C)C(=O)N[C@H]1CCS(=O)(=O)C1. The number of benzene rings is 1. The number of Topliss-reactive ketones (excluding diaryl/α,β-unsaturated/α-hetero) is 1. The van der Waals surface area contributed by atoms with Crippen LogP contribution in [0.3, 0.4) is 0 Å². The molecule has 9 heteroatoms. The van der Waals surface area contributed by atoms with Crippen LogP contribution in [0.15, 0.2) is 29.2 Å². The van der Waals surface area contributed by atoms with E-state index in [1.54, 1.807) is 24.3 Å². The minimum atomic E-state index is -3.10. The van der Waals surface area contributed by atoms with Crippen LogP contribution in [0, 0.1) is 0 Å². The Balaban J connectivity index is 1.96. The van der Waals surface area contributed by atoms with E-state index in [0.717, 1.165) is 0 Å². The van der Waals surface area contributed by atoms with E-state index in [1.165, 1.54) is 25.6 Å². The molecule has 1 aromatic carbocycles. The van der Waals surface area contributed by atoms with Gasteiger partial charge in [0.1, 0.15) is 5.78 Å². The Morgan fingerprint density at radius 3 is 2.62 bits per heavy atom. The van der Waals surface area contributed by atoms with Crippen LogP contribution in [0.2, 0.25) is 0 Å². The molecule has 0 radical (unpaired) electrons. The standard InChI is InChI=1S/C17H21NO6S2/c1-11(19)9-25-15-6-4-3-5-14(15)17(21)24-12(2)16(20)18-13-7-8-26(22,23)10-13/h3-6,12-13H,7-10H2,1-2H3,(H,18,20)/t12-,13+/m1/s1. The predicted octanol–water partition coefficient (Wildman–Crippen LogP) is 1.22. The summed E-state index contributed by atoms with van der Waals surface area (Å²) in [6.45, 7) is 2.89. The van der Waals surface area contributed by atoms with E-state index in [9.17, 15) is 22.8 Å². The molecular weight excluding hydrogens is 378 g/mol. The summed E-state index contributed by atoms with van der Waals surface area (Å²) in [5.41, 5.74) is 0.279. The van der Waals surface area contributed by atoms with Gasteiger partial charge in [0, 0.05) is 10.9 Å². The van der Waals surface area contributed by atoms with Crippen LogP contribution in [-0.2, 0) is 24.2 Å². The fraction of sp³-hybridized carbons (Fsp3) is 0.471. The average Bonchev–Trinajstić information content (AvgIpc) is 2.91. The van der Waals surface area contributed by atoms with Crippen molar-refractivity contribution in [1.82, 2.24) is 5.32 Å². The van der Waals surface area contributed by atoms with Gasteiger partial charge in [-0.25, -0.2) is 13.2 Å². The Morgan fingerprint density at radius 2 is 2.00 bits per heavy atom. The van der Waals surface area contributed by atoms with Gasteiger partial charge in [-0.15, -0.1) is 11.8 Å². The van der Waals surface area contributed by atoms with E-state index in [2.05, 4.69) is 5.32 Å². The number of rotatable bonds is 7. The van der Waals surface area contributed by atoms with Gasteiger partial charge in [-0.3, -0.25) is 9.59 Å². The lowest BCUT2D eigenvalue weighted by Crippen LogP contribution is -2.42. The molecule has 26 heavy (non-hydrogen) atoms. The molecule has 1 saturated heterocycles. The molecule has 1 N–H and O–H groups in total. The Kier molecular flexibility index (Phi) is 6.82. The second-order valence-corrected chi connectivity index (χ2v) is 9.39. The molecule has 0 spiro atoms. The molecule has 0 unspecified atom stereocenters. The Morgan fingerprint density at radius 1 is 1.31 bits per heavy atom. The lowest BCUT2D eigenvalue weighted by atomic mass is 10.2. The Hall–Kier alpha value is -1.87. The van der Waals surface area contributed by atoms with Crippen molar-refractivity contribution in [3.63, 3.8) is 0 Å². The first kappa shape index (κ1) is 20.4. The van der Waals surface area contributed by atoms with Gasteiger partial charge >= 0.3 is 5.97 Å². The molecule has 2 rings (SSSR count). The van der Waals surface area contributed by atoms with Crippen molar-refractivity contribution in [2.75, 3.05) is 17.3 Å². The van der Waals surface area contributed by atoms with Crippen LogP contribution in [0.25, 0.3) is 0 Å². The van der Waals surface area contributed by atoms with Gasteiger partial charge in [0.15, 0.2) is 15.9 Å². The smallest absolute Gasteiger partial charge is 0.340 e. The number of sulfone groups is 1. The summed E-state index contributed by atoms with van der Waals surface area (Å²) < 4.78 is 28.1. The van der Waals surface area contributed by atoms with Crippen molar-refractivity contribution in [2.45, 2.75) is 37.3 Å². The molecule has 7 nitrogen and oxygen atoms in total. The fourth-order valence-corrected chi connectivity index (χ4v) is 4.96. The van der Waals surface area contributed by atoms with Crippen LogP contribution in [0.5, 0.6) is 0 Å². The number of nitrogens with one attached hydrogen (secondary N) is 1. The van der Waals surface area contributed by atoms with Crippen LogP contribution in [0.1, 0.15) is 30.6 Å². The highest BCUT2D eigenvalue weighted by atomic mass is 32.2. The maximum atomic E-state index is 12.4. The summed E-state index contributed by atoms with van der Waals surface area (Å²) in [7, 11) is -3.10. The normalized spacial score (nSPS) is 19.5. The molecule has 1 fully saturated rings. The topological polar surface area (TPSA) is 107 Å². The maximum Gasteiger partial charge on any atom is 0.340 e. The van der Waals surface area contributed by atoms with Crippen LogP contribution < -0.4 is 5.32 Å². The van der Waals surface area contributed by atoms with Crippen molar-refractivity contribution in [1.29, 1.82) is 0 Å². The first-order valence-electron chi connectivity index (χ1n) is 8.11. The summed E-state index contributed by atoms with van der Waals surface area (Å²) >= 11 is 1.23. The van der Waals surface area contributed by atoms with Crippen LogP contribution in [-0.4, -0.2) is 55.5 Å². The molecule has 1 heterocycles. The van der Waals surface area contributed by atoms with E-state index in [1.807, 2.05) is 0 Å². The maximum absolute atomic E-state index is 12.4. The van der Waals surface area contributed by atoms with Crippen molar-refractivity contribution in [2.24, 2.45) is 0 Å². The number of ketones is 1. The number of thioether (sulfide) groups is 1. The number of amides is 1. The molecule has 1 aromatic rings. The molecule has 1 aliphatic rings. The number of hydrogen-bond donors (Lipinski definition) is 1. The molecule has 0 bridgehead atoms. The van der Waals surface area contributed by atoms with Gasteiger partial charge in [-0.2, -0.15) is 0 Å². The van der Waals surface area contributed by atoms with Gasteiger partial charge in [0.05, 0.1) is 22.8 Å². The van der Waals surface area contributed by atoms with Gasteiger partial charge < -0.3 is 10.1 Å². The zero-order chi connectivity index (χ0) is 19.3.